The molecule has 0 radical (unpaired) electrons. The minimum atomic E-state index is -0.797. The first-order valence-corrected chi connectivity index (χ1v) is 11.3. The summed E-state index contributed by atoms with van der Waals surface area (Å²) in [7, 11) is 3.23. The number of anilines is 1. The Morgan fingerprint density at radius 2 is 1.97 bits per heavy atom. The molecule has 3 N–H and O–H groups in total. The van der Waals surface area contributed by atoms with Crippen molar-refractivity contribution in [1.82, 2.24) is 25.3 Å². The summed E-state index contributed by atoms with van der Waals surface area (Å²) in [6.07, 6.45) is 1.66. The molecule has 3 aromatic rings. The zero-order valence-electron chi connectivity index (χ0n) is 19.9. The van der Waals surface area contributed by atoms with Crippen LogP contribution in [0.25, 0.3) is 22.6 Å². The van der Waals surface area contributed by atoms with Gasteiger partial charge in [-0.15, -0.1) is 0 Å². The largest absolute Gasteiger partial charge is 0.385 e. The molecule has 0 aliphatic carbocycles. The average Bonchev–Trinajstić information content (AvgIpc) is 3.32. The number of H-pyrrole nitrogens is 1. The minimum absolute atomic E-state index is 0.158. The maximum Gasteiger partial charge on any atom is 0.230 e. The van der Waals surface area contributed by atoms with Crippen molar-refractivity contribution >= 4 is 11.9 Å². The predicted octanol–water partition coefficient (Wildman–Crippen LogP) is 2.92. The van der Waals surface area contributed by atoms with Crippen molar-refractivity contribution in [2.45, 2.75) is 19.6 Å². The van der Waals surface area contributed by atoms with Gasteiger partial charge >= 0.3 is 0 Å². The molecule has 0 atom stereocenters. The lowest BCUT2D eigenvalue weighted by Crippen LogP contribution is -2.47. The summed E-state index contributed by atoms with van der Waals surface area (Å²) in [4.78, 5) is 29.1. The molecule has 1 aliphatic rings. The molecule has 0 unspecified atom stereocenters. The highest BCUT2D eigenvalue weighted by atomic mass is 19.1. The van der Waals surface area contributed by atoms with Crippen molar-refractivity contribution in [1.29, 1.82) is 0 Å². The molecule has 10 nitrogen and oxygen atoms in total. The fraction of sp³-hybridized carbons (Fsp3) is 0.417. The summed E-state index contributed by atoms with van der Waals surface area (Å²) in [6, 6.07) is 7.80. The molecule has 3 heterocycles. The monoisotopic (exact) mass is 484 g/mol. The third kappa shape index (κ3) is 5.64. The number of amides is 1. The molecular weight excluding hydrogens is 455 g/mol. The minimum Gasteiger partial charge on any atom is -0.385 e. The highest BCUT2D eigenvalue weighted by molar-refractivity contribution is 5.82. The molecule has 35 heavy (non-hydrogen) atoms. The van der Waals surface area contributed by atoms with E-state index < -0.39 is 11.7 Å². The number of imidazole rings is 1. The first-order valence-electron chi connectivity index (χ1n) is 11.3. The highest BCUT2D eigenvalue weighted by Crippen LogP contribution is 2.35. The van der Waals surface area contributed by atoms with Gasteiger partial charge in [-0.1, -0.05) is 0 Å². The van der Waals surface area contributed by atoms with Crippen LogP contribution in [0.2, 0.25) is 0 Å². The average molecular weight is 485 g/mol. The molecule has 1 aromatic carbocycles. The van der Waals surface area contributed by atoms with Gasteiger partial charge in [-0.2, -0.15) is 0 Å². The first kappa shape index (κ1) is 24.7. The molecule has 0 saturated carbocycles. The number of halogens is 1. The van der Waals surface area contributed by atoms with Gasteiger partial charge in [0.15, 0.2) is 5.82 Å². The SMILES string of the molecule is CNC(=O)C1(C)COC(c2nc(-c3ccc(F)cc3)c(-c3ccnc(NCCCOC)n3)[nH]2)OC1. The topological polar surface area (TPSA) is 123 Å². The van der Waals surface area contributed by atoms with E-state index in [1.54, 1.807) is 45.5 Å². The lowest BCUT2D eigenvalue weighted by atomic mass is 9.91. The number of carbonyl (C=O) groups excluding carboxylic acids is 1. The Morgan fingerprint density at radius 1 is 1.23 bits per heavy atom. The van der Waals surface area contributed by atoms with Crippen LogP contribution in [0.1, 0.15) is 25.5 Å². The van der Waals surface area contributed by atoms with E-state index in [0.29, 0.717) is 47.6 Å². The molecule has 11 heteroatoms. The number of nitrogens with one attached hydrogen (secondary N) is 3. The number of methoxy groups -OCH3 is 1. The van der Waals surface area contributed by atoms with Crippen LogP contribution in [0.15, 0.2) is 36.5 Å². The van der Waals surface area contributed by atoms with Crippen molar-refractivity contribution in [2.24, 2.45) is 5.41 Å². The second kappa shape index (κ2) is 10.9. The quantitative estimate of drug-likeness (QED) is 0.396. The van der Waals surface area contributed by atoms with Crippen LogP contribution in [-0.2, 0) is 19.0 Å². The summed E-state index contributed by atoms with van der Waals surface area (Å²) in [5.41, 5.74) is 1.68. The second-order valence-electron chi connectivity index (χ2n) is 8.48. The molecular formula is C24H29FN6O4. The third-order valence-electron chi connectivity index (χ3n) is 5.66. The van der Waals surface area contributed by atoms with E-state index in [2.05, 4.69) is 25.6 Å². The standard InChI is InChI=1S/C24H29FN6O4/c1-24(22(32)26-2)13-34-21(35-14-24)20-30-18(15-5-7-16(25)8-6-15)19(31-20)17-9-11-28-23(29-17)27-10-4-12-33-3/h5-9,11,21H,4,10,12-14H2,1-3H3,(H,26,32)(H,30,31)(H,27,28,29). The van der Waals surface area contributed by atoms with Crippen molar-refractivity contribution in [3.8, 4) is 22.6 Å². The Hall–Kier alpha value is -3.41. The maximum absolute atomic E-state index is 13.6. The Kier molecular flexibility index (Phi) is 7.69. The van der Waals surface area contributed by atoms with Gasteiger partial charge in [0.05, 0.1) is 35.7 Å². The summed E-state index contributed by atoms with van der Waals surface area (Å²) in [5, 5.41) is 5.82. The Balaban J connectivity index is 1.63. The van der Waals surface area contributed by atoms with E-state index in [1.165, 1.54) is 12.1 Å². The molecule has 1 amide bonds. The van der Waals surface area contributed by atoms with Crippen LogP contribution in [0.4, 0.5) is 10.3 Å². The zero-order chi connectivity index (χ0) is 24.8. The Labute approximate surface area is 202 Å². The number of hydrogen-bond acceptors (Lipinski definition) is 8. The van der Waals surface area contributed by atoms with Gasteiger partial charge in [0, 0.05) is 39.1 Å². The van der Waals surface area contributed by atoms with Crippen LogP contribution in [-0.4, -0.2) is 66.4 Å². The van der Waals surface area contributed by atoms with Crippen molar-refractivity contribution < 1.29 is 23.4 Å². The van der Waals surface area contributed by atoms with Crippen molar-refractivity contribution in [3.05, 3.63) is 48.2 Å². The lowest BCUT2D eigenvalue weighted by Gasteiger charge is -2.34. The van der Waals surface area contributed by atoms with Crippen LogP contribution >= 0.6 is 0 Å². The Bertz CT molecular complexity index is 1150. The van der Waals surface area contributed by atoms with Gasteiger partial charge in [-0.25, -0.2) is 19.3 Å². The molecule has 0 spiro atoms. The van der Waals surface area contributed by atoms with E-state index in [0.717, 1.165) is 6.42 Å². The lowest BCUT2D eigenvalue weighted by molar-refractivity contribution is -0.230. The fourth-order valence-corrected chi connectivity index (χ4v) is 3.70. The smallest absolute Gasteiger partial charge is 0.230 e. The van der Waals surface area contributed by atoms with E-state index in [1.807, 2.05) is 0 Å². The predicted molar refractivity (Wildman–Crippen MR) is 127 cm³/mol. The molecule has 4 rings (SSSR count). The molecule has 0 bridgehead atoms. The Morgan fingerprint density at radius 3 is 2.66 bits per heavy atom. The molecule has 1 aliphatic heterocycles. The van der Waals surface area contributed by atoms with Crippen LogP contribution in [0.5, 0.6) is 0 Å². The van der Waals surface area contributed by atoms with E-state index in [-0.39, 0.29) is 24.9 Å². The highest BCUT2D eigenvalue weighted by Gasteiger charge is 2.40. The van der Waals surface area contributed by atoms with E-state index in [9.17, 15) is 9.18 Å². The molecule has 1 fully saturated rings. The maximum atomic E-state index is 13.6. The summed E-state index contributed by atoms with van der Waals surface area (Å²) >= 11 is 0. The normalized spacial score (nSPS) is 19.9. The number of aromatic nitrogens is 4. The first-order chi connectivity index (χ1) is 16.9. The van der Waals surface area contributed by atoms with Crippen molar-refractivity contribution in [2.75, 3.05) is 45.8 Å². The van der Waals surface area contributed by atoms with Gasteiger partial charge in [0.1, 0.15) is 5.82 Å². The van der Waals surface area contributed by atoms with Crippen LogP contribution < -0.4 is 10.6 Å². The van der Waals surface area contributed by atoms with Crippen LogP contribution in [0.3, 0.4) is 0 Å². The summed E-state index contributed by atoms with van der Waals surface area (Å²) in [6.45, 7) is 3.40. The number of ether oxygens (including phenoxy) is 3. The van der Waals surface area contributed by atoms with Gasteiger partial charge < -0.3 is 29.8 Å². The molecule has 2 aromatic heterocycles. The van der Waals surface area contributed by atoms with E-state index in [4.69, 9.17) is 19.2 Å². The van der Waals surface area contributed by atoms with Gasteiger partial charge in [0.2, 0.25) is 18.1 Å². The zero-order valence-corrected chi connectivity index (χ0v) is 19.9. The molecule has 186 valence electrons. The fourth-order valence-electron chi connectivity index (χ4n) is 3.70. The number of nitrogens with zero attached hydrogens (tertiary/aromatic N) is 3. The summed E-state index contributed by atoms with van der Waals surface area (Å²) < 4.78 is 30.4. The van der Waals surface area contributed by atoms with Crippen LogP contribution in [0, 0.1) is 11.2 Å². The number of hydrogen-bond donors (Lipinski definition) is 3. The van der Waals surface area contributed by atoms with E-state index >= 15 is 0 Å². The van der Waals surface area contributed by atoms with Gasteiger partial charge in [-0.3, -0.25) is 4.79 Å². The number of rotatable bonds is 9. The number of aromatic amines is 1. The second-order valence-corrected chi connectivity index (χ2v) is 8.48. The number of carbonyl (C=O) groups is 1. The third-order valence-corrected chi connectivity index (χ3v) is 5.66. The van der Waals surface area contributed by atoms with Gasteiger partial charge in [-0.05, 0) is 43.7 Å². The molecule has 1 saturated heterocycles. The number of benzene rings is 1. The van der Waals surface area contributed by atoms with Crippen molar-refractivity contribution in [3.63, 3.8) is 0 Å². The summed E-state index contributed by atoms with van der Waals surface area (Å²) in [5.74, 6) is 0.385. The van der Waals surface area contributed by atoms with Gasteiger partial charge in [0.25, 0.3) is 0 Å².